The van der Waals surface area contributed by atoms with Crippen LogP contribution in [0.1, 0.15) is 5.56 Å². The summed E-state index contributed by atoms with van der Waals surface area (Å²) in [5.41, 5.74) is 6.42. The molecule has 0 radical (unpaired) electrons. The molecule has 2 aromatic rings. The van der Waals surface area contributed by atoms with Crippen LogP contribution >= 0.6 is 22.6 Å². The summed E-state index contributed by atoms with van der Waals surface area (Å²) in [6.45, 7) is 0. The number of tetrazole rings is 1. The molecule has 0 spiro atoms. The molecular weight excluding hydrogens is 307 g/mol. The first-order valence-electron chi connectivity index (χ1n) is 4.09. The summed E-state index contributed by atoms with van der Waals surface area (Å²) in [6, 6.07) is 7.88. The third-order valence-corrected chi connectivity index (χ3v) is 2.31. The van der Waals surface area contributed by atoms with E-state index in [1.807, 2.05) is 24.3 Å². The fourth-order valence-electron chi connectivity index (χ4n) is 0.980. The van der Waals surface area contributed by atoms with Crippen LogP contribution < -0.4 is 5.73 Å². The van der Waals surface area contributed by atoms with E-state index in [2.05, 4.69) is 43.2 Å². The van der Waals surface area contributed by atoms with E-state index in [-0.39, 0.29) is 5.95 Å². The Morgan fingerprint density at radius 2 is 2.33 bits per heavy atom. The molecule has 0 aliphatic rings. The van der Waals surface area contributed by atoms with Crippen molar-refractivity contribution in [1.82, 2.24) is 20.3 Å². The molecule has 7 heteroatoms. The third kappa shape index (κ3) is 2.49. The molecule has 0 atom stereocenters. The van der Waals surface area contributed by atoms with E-state index in [1.165, 1.54) is 4.79 Å². The second-order valence-electron chi connectivity index (χ2n) is 2.73. The van der Waals surface area contributed by atoms with E-state index in [1.54, 1.807) is 6.21 Å². The molecule has 0 unspecified atom stereocenters. The van der Waals surface area contributed by atoms with Crippen LogP contribution in [-0.2, 0) is 0 Å². The molecule has 76 valence electrons. The second kappa shape index (κ2) is 4.34. The van der Waals surface area contributed by atoms with E-state index in [0.717, 1.165) is 9.13 Å². The van der Waals surface area contributed by atoms with Crippen LogP contribution in [0.4, 0.5) is 5.95 Å². The first kappa shape index (κ1) is 10.0. The van der Waals surface area contributed by atoms with Gasteiger partial charge in [-0.25, -0.2) is 0 Å². The van der Waals surface area contributed by atoms with Crippen LogP contribution in [0.5, 0.6) is 0 Å². The highest BCUT2D eigenvalue weighted by Crippen LogP contribution is 2.05. The highest BCUT2D eigenvalue weighted by molar-refractivity contribution is 14.1. The Morgan fingerprint density at radius 1 is 1.47 bits per heavy atom. The smallest absolute Gasteiger partial charge is 0.263 e. The summed E-state index contributed by atoms with van der Waals surface area (Å²) >= 11 is 2.23. The van der Waals surface area contributed by atoms with Crippen LogP contribution in [-0.4, -0.2) is 26.5 Å². The maximum absolute atomic E-state index is 5.45. The molecule has 1 aromatic heterocycles. The minimum absolute atomic E-state index is 0.164. The van der Waals surface area contributed by atoms with E-state index in [0.29, 0.717) is 0 Å². The van der Waals surface area contributed by atoms with E-state index in [4.69, 9.17) is 5.73 Å². The molecule has 6 nitrogen and oxygen atoms in total. The SMILES string of the molecule is Nc1nnnn1/N=C/c1cccc(I)c1. The molecule has 0 bridgehead atoms. The standard InChI is InChI=1S/C8H7IN6/c9-7-3-1-2-6(4-7)5-11-15-8(10)12-13-14-15/h1-5H,(H2,10,12,14)/b11-5+. The number of benzene rings is 1. The van der Waals surface area contributed by atoms with Crippen LogP contribution in [0, 0.1) is 3.57 Å². The lowest BCUT2D eigenvalue weighted by Gasteiger charge is -1.94. The van der Waals surface area contributed by atoms with Crippen molar-refractivity contribution in [2.75, 3.05) is 5.73 Å². The van der Waals surface area contributed by atoms with Crippen LogP contribution in [0.15, 0.2) is 29.4 Å². The number of aromatic nitrogens is 4. The number of nitrogen functional groups attached to an aromatic ring is 1. The average Bonchev–Trinajstić information content (AvgIpc) is 2.61. The van der Waals surface area contributed by atoms with Gasteiger partial charge >= 0.3 is 0 Å². The third-order valence-electron chi connectivity index (χ3n) is 1.64. The molecular formula is C8H7IN6. The van der Waals surface area contributed by atoms with E-state index >= 15 is 0 Å². The summed E-state index contributed by atoms with van der Waals surface area (Å²) < 4.78 is 1.14. The molecule has 2 N–H and O–H groups in total. The molecule has 0 aliphatic heterocycles. The highest BCUT2D eigenvalue weighted by atomic mass is 127. The molecule has 0 fully saturated rings. The Kier molecular flexibility index (Phi) is 2.90. The van der Waals surface area contributed by atoms with E-state index in [9.17, 15) is 0 Å². The minimum Gasteiger partial charge on any atom is -0.365 e. The van der Waals surface area contributed by atoms with Gasteiger partial charge in [0.25, 0.3) is 5.95 Å². The van der Waals surface area contributed by atoms with Gasteiger partial charge in [-0.15, -0.1) is 0 Å². The zero-order valence-corrected chi connectivity index (χ0v) is 9.74. The summed E-state index contributed by atoms with van der Waals surface area (Å²) in [5, 5.41) is 14.5. The summed E-state index contributed by atoms with van der Waals surface area (Å²) in [6.07, 6.45) is 1.65. The van der Waals surface area contributed by atoms with Gasteiger partial charge in [-0.2, -0.15) is 5.10 Å². The monoisotopic (exact) mass is 314 g/mol. The molecule has 0 aliphatic carbocycles. The first-order valence-corrected chi connectivity index (χ1v) is 5.17. The Hall–Kier alpha value is -1.51. The van der Waals surface area contributed by atoms with Gasteiger partial charge < -0.3 is 5.73 Å². The predicted molar refractivity (Wildman–Crippen MR) is 64.4 cm³/mol. The maximum atomic E-state index is 5.45. The fraction of sp³-hybridized carbons (Fsp3) is 0. The van der Waals surface area contributed by atoms with Crippen molar-refractivity contribution >= 4 is 34.8 Å². The van der Waals surface area contributed by atoms with Crippen molar-refractivity contribution in [2.24, 2.45) is 5.10 Å². The van der Waals surface area contributed by atoms with Crippen LogP contribution in [0.25, 0.3) is 0 Å². The lowest BCUT2D eigenvalue weighted by molar-refractivity contribution is 0.699. The maximum Gasteiger partial charge on any atom is 0.263 e. The molecule has 1 aromatic carbocycles. The normalized spacial score (nSPS) is 11.0. The molecule has 0 saturated heterocycles. The van der Waals surface area contributed by atoms with Crippen molar-refractivity contribution in [3.63, 3.8) is 0 Å². The van der Waals surface area contributed by atoms with E-state index < -0.39 is 0 Å². The lowest BCUT2D eigenvalue weighted by atomic mass is 10.2. The highest BCUT2D eigenvalue weighted by Gasteiger charge is 1.96. The predicted octanol–water partition coefficient (Wildman–Crippen LogP) is 0.742. The summed E-state index contributed by atoms with van der Waals surface area (Å²) in [4.78, 5) is 1.17. The molecule has 15 heavy (non-hydrogen) atoms. The lowest BCUT2D eigenvalue weighted by Crippen LogP contribution is -1.99. The molecule has 0 saturated carbocycles. The fourth-order valence-corrected chi connectivity index (χ4v) is 1.55. The van der Waals surface area contributed by atoms with Gasteiger partial charge in [0.15, 0.2) is 0 Å². The summed E-state index contributed by atoms with van der Waals surface area (Å²) in [5.74, 6) is 0.164. The largest absolute Gasteiger partial charge is 0.365 e. The minimum atomic E-state index is 0.164. The molecule has 0 amide bonds. The quantitative estimate of drug-likeness (QED) is 0.655. The summed E-state index contributed by atoms with van der Waals surface area (Å²) in [7, 11) is 0. The van der Waals surface area contributed by atoms with Crippen molar-refractivity contribution < 1.29 is 0 Å². The van der Waals surface area contributed by atoms with Crippen molar-refractivity contribution in [3.05, 3.63) is 33.4 Å². The Bertz CT molecular complexity index is 491. The number of nitrogens with two attached hydrogens (primary N) is 1. The van der Waals surface area contributed by atoms with Gasteiger partial charge in [-0.3, -0.25) is 0 Å². The van der Waals surface area contributed by atoms with Gasteiger partial charge in [-0.05, 0) is 50.7 Å². The number of hydrogen-bond acceptors (Lipinski definition) is 5. The van der Waals surface area contributed by atoms with Crippen LogP contribution in [0.2, 0.25) is 0 Å². The topological polar surface area (TPSA) is 82.0 Å². The Balaban J connectivity index is 2.22. The van der Waals surface area contributed by atoms with Crippen molar-refractivity contribution in [2.45, 2.75) is 0 Å². The zero-order valence-electron chi connectivity index (χ0n) is 7.58. The first-order chi connectivity index (χ1) is 7.25. The van der Waals surface area contributed by atoms with Gasteiger partial charge in [0, 0.05) is 3.57 Å². The number of rotatable bonds is 2. The Morgan fingerprint density at radius 3 is 3.00 bits per heavy atom. The Labute approximate surface area is 99.3 Å². The van der Waals surface area contributed by atoms with Crippen LogP contribution in [0.3, 0.4) is 0 Å². The number of nitrogens with zero attached hydrogens (tertiary/aromatic N) is 5. The number of halogens is 1. The molecule has 2 rings (SSSR count). The number of anilines is 1. The number of hydrogen-bond donors (Lipinski definition) is 1. The molecule has 1 heterocycles. The van der Waals surface area contributed by atoms with Gasteiger partial charge in [-0.1, -0.05) is 22.0 Å². The van der Waals surface area contributed by atoms with Gasteiger partial charge in [0.1, 0.15) is 0 Å². The van der Waals surface area contributed by atoms with Gasteiger partial charge in [0.2, 0.25) is 0 Å². The van der Waals surface area contributed by atoms with Crippen molar-refractivity contribution in [1.29, 1.82) is 0 Å². The van der Waals surface area contributed by atoms with Crippen molar-refractivity contribution in [3.8, 4) is 0 Å². The second-order valence-corrected chi connectivity index (χ2v) is 3.97. The van der Waals surface area contributed by atoms with Gasteiger partial charge in [0.05, 0.1) is 6.21 Å². The average molecular weight is 314 g/mol. The zero-order chi connectivity index (χ0) is 10.7.